The van der Waals surface area contributed by atoms with Gasteiger partial charge in [-0.1, -0.05) is 56.1 Å². The summed E-state index contributed by atoms with van der Waals surface area (Å²) in [5, 5.41) is 0.650. The first-order valence-corrected chi connectivity index (χ1v) is 12.8. The van der Waals surface area contributed by atoms with Gasteiger partial charge >= 0.3 is 0 Å². The summed E-state index contributed by atoms with van der Waals surface area (Å²) < 4.78 is 17.3. The summed E-state index contributed by atoms with van der Waals surface area (Å²) in [7, 11) is 0. The first kappa shape index (κ1) is 23.1. The number of rotatable bonds is 5. The molecule has 1 aromatic heterocycles. The number of fused-ring (bicyclic) bond motifs is 1. The van der Waals surface area contributed by atoms with Crippen LogP contribution in [0.3, 0.4) is 0 Å². The third kappa shape index (κ3) is 4.76. The van der Waals surface area contributed by atoms with Crippen LogP contribution in [0.1, 0.15) is 16.7 Å². The Hall–Kier alpha value is -2.68. The number of carbonyl (C=O) groups excluding carboxylic acids is 2. The molecule has 0 saturated carbocycles. The van der Waals surface area contributed by atoms with Crippen LogP contribution in [0.4, 0.5) is 9.18 Å². The highest BCUT2D eigenvalue weighted by Gasteiger charge is 2.35. The van der Waals surface area contributed by atoms with Crippen LogP contribution in [0.5, 0.6) is 0 Å². The summed E-state index contributed by atoms with van der Waals surface area (Å²) in [6, 6.07) is 20.0. The number of nitrogens with zero attached hydrogens (tertiary/aromatic N) is 2. The van der Waals surface area contributed by atoms with Crippen molar-refractivity contribution in [2.75, 3.05) is 0 Å². The lowest BCUT2D eigenvalue weighted by Gasteiger charge is -2.12. The molecule has 4 aromatic rings. The highest BCUT2D eigenvalue weighted by Crippen LogP contribution is 2.35. The molecule has 0 atom stereocenters. The molecule has 0 bridgehead atoms. The van der Waals surface area contributed by atoms with Crippen molar-refractivity contribution in [2.24, 2.45) is 0 Å². The number of benzene rings is 3. The van der Waals surface area contributed by atoms with Crippen molar-refractivity contribution in [3.63, 3.8) is 0 Å². The quantitative estimate of drug-likeness (QED) is 0.222. The van der Waals surface area contributed by atoms with Gasteiger partial charge in [0.25, 0.3) is 11.1 Å². The fourth-order valence-electron chi connectivity index (χ4n) is 3.88. The van der Waals surface area contributed by atoms with Gasteiger partial charge in [-0.3, -0.25) is 14.5 Å². The first-order valence-electron chi connectivity index (χ1n) is 10.4. The van der Waals surface area contributed by atoms with Gasteiger partial charge in [-0.15, -0.1) is 0 Å². The Labute approximate surface area is 216 Å². The van der Waals surface area contributed by atoms with Gasteiger partial charge in [0.2, 0.25) is 0 Å². The molecule has 1 fully saturated rings. The van der Waals surface area contributed by atoms with E-state index in [-0.39, 0.29) is 23.5 Å². The van der Waals surface area contributed by atoms with Gasteiger partial charge in [-0.25, -0.2) is 4.39 Å². The lowest BCUT2D eigenvalue weighted by atomic mass is 10.1. The van der Waals surface area contributed by atoms with Crippen LogP contribution in [0.2, 0.25) is 0 Å². The Morgan fingerprint density at radius 1 is 0.853 bits per heavy atom. The monoisotopic (exact) mass is 598 g/mol. The zero-order chi connectivity index (χ0) is 23.8. The first-order chi connectivity index (χ1) is 16.4. The molecule has 0 spiro atoms. The maximum atomic E-state index is 13.2. The molecule has 34 heavy (non-hydrogen) atoms. The minimum Gasteiger partial charge on any atom is -0.342 e. The predicted molar refractivity (Wildman–Crippen MR) is 141 cm³/mol. The molecule has 0 unspecified atom stereocenters. The zero-order valence-electron chi connectivity index (χ0n) is 17.7. The van der Waals surface area contributed by atoms with E-state index < -0.39 is 0 Å². The van der Waals surface area contributed by atoms with E-state index in [9.17, 15) is 14.0 Å². The van der Waals surface area contributed by atoms with Crippen molar-refractivity contribution in [3.05, 3.63) is 109 Å². The van der Waals surface area contributed by atoms with Gasteiger partial charge < -0.3 is 4.57 Å². The largest absolute Gasteiger partial charge is 0.342 e. The Balaban J connectivity index is 1.47. The molecule has 1 aliphatic heterocycles. The van der Waals surface area contributed by atoms with E-state index in [1.807, 2.05) is 36.5 Å². The number of carbonyl (C=O) groups is 2. The molecule has 170 valence electrons. The summed E-state index contributed by atoms with van der Waals surface area (Å²) in [5.74, 6) is -0.702. The maximum Gasteiger partial charge on any atom is 0.293 e. The van der Waals surface area contributed by atoms with E-state index in [1.54, 1.807) is 18.2 Å². The van der Waals surface area contributed by atoms with Crippen LogP contribution in [0.25, 0.3) is 17.0 Å². The van der Waals surface area contributed by atoms with Crippen molar-refractivity contribution in [2.45, 2.75) is 13.1 Å². The van der Waals surface area contributed by atoms with E-state index in [2.05, 4.69) is 48.6 Å². The number of thioether (sulfide) groups is 1. The predicted octanol–water partition coefficient (Wildman–Crippen LogP) is 7.59. The van der Waals surface area contributed by atoms with Gasteiger partial charge in [0.15, 0.2) is 0 Å². The molecular weight excluding hydrogens is 583 g/mol. The highest BCUT2D eigenvalue weighted by atomic mass is 79.9. The van der Waals surface area contributed by atoms with Crippen molar-refractivity contribution >= 4 is 71.7 Å². The second-order valence-corrected chi connectivity index (χ2v) is 10.7. The third-order valence-corrected chi connectivity index (χ3v) is 7.48. The average molecular weight is 600 g/mol. The van der Waals surface area contributed by atoms with E-state index in [4.69, 9.17) is 0 Å². The third-order valence-electron chi connectivity index (χ3n) is 5.55. The standard InChI is InChI=1S/C26H17Br2FN2O2S/c27-19-5-1-16(2-6-19)13-30-15-18(22-12-20(28)7-10-23(22)30)11-24-25(32)31(26(33)34-24)14-17-3-8-21(29)9-4-17/h1-12,15H,13-14H2/b24-11-. The SMILES string of the molecule is O=C1S/C(=C\c2cn(Cc3ccc(Br)cc3)c3ccc(Br)cc23)C(=O)N1Cc1ccc(F)cc1. The van der Waals surface area contributed by atoms with Crippen LogP contribution >= 0.6 is 43.6 Å². The number of halogens is 3. The van der Waals surface area contributed by atoms with Crippen LogP contribution in [0.15, 0.2) is 86.8 Å². The van der Waals surface area contributed by atoms with E-state index in [1.165, 1.54) is 17.0 Å². The molecule has 5 rings (SSSR count). The summed E-state index contributed by atoms with van der Waals surface area (Å²) in [6.07, 6.45) is 3.79. The summed E-state index contributed by atoms with van der Waals surface area (Å²) >= 11 is 7.93. The van der Waals surface area contributed by atoms with Crippen molar-refractivity contribution in [1.29, 1.82) is 0 Å². The molecule has 0 N–H and O–H groups in total. The highest BCUT2D eigenvalue weighted by molar-refractivity contribution is 9.10. The molecule has 1 saturated heterocycles. The fourth-order valence-corrected chi connectivity index (χ4v) is 5.33. The minimum atomic E-state index is -0.358. The number of amides is 2. The van der Waals surface area contributed by atoms with Crippen LogP contribution in [0, 0.1) is 5.82 Å². The molecule has 3 aromatic carbocycles. The van der Waals surface area contributed by atoms with Crippen LogP contribution in [-0.4, -0.2) is 20.6 Å². The van der Waals surface area contributed by atoms with Gasteiger partial charge in [0, 0.05) is 38.2 Å². The van der Waals surface area contributed by atoms with Crippen LogP contribution in [-0.2, 0) is 17.9 Å². The molecular formula is C26H17Br2FN2O2S. The molecule has 0 aliphatic carbocycles. The van der Waals surface area contributed by atoms with Gasteiger partial charge in [-0.05, 0) is 71.4 Å². The van der Waals surface area contributed by atoms with Crippen LogP contribution < -0.4 is 0 Å². The number of hydrogen-bond acceptors (Lipinski definition) is 3. The maximum absolute atomic E-state index is 13.2. The van der Waals surface area contributed by atoms with E-state index >= 15 is 0 Å². The Morgan fingerprint density at radius 3 is 2.24 bits per heavy atom. The van der Waals surface area contributed by atoms with Crippen molar-refractivity contribution < 1.29 is 14.0 Å². The molecule has 4 nitrogen and oxygen atoms in total. The van der Waals surface area contributed by atoms with Gasteiger partial charge in [-0.2, -0.15) is 0 Å². The van der Waals surface area contributed by atoms with Gasteiger partial charge in [0.05, 0.1) is 11.4 Å². The fraction of sp³-hybridized carbons (Fsp3) is 0.0769. The van der Waals surface area contributed by atoms with Crippen molar-refractivity contribution in [1.82, 2.24) is 9.47 Å². The zero-order valence-corrected chi connectivity index (χ0v) is 21.7. The van der Waals surface area contributed by atoms with E-state index in [0.29, 0.717) is 17.0 Å². The lowest BCUT2D eigenvalue weighted by molar-refractivity contribution is -0.123. The summed E-state index contributed by atoms with van der Waals surface area (Å²) in [6.45, 7) is 0.782. The number of hydrogen-bond donors (Lipinski definition) is 0. The summed E-state index contributed by atoms with van der Waals surface area (Å²) in [5.41, 5.74) is 3.73. The molecule has 0 radical (unpaired) electrons. The van der Waals surface area contributed by atoms with Gasteiger partial charge in [0.1, 0.15) is 5.82 Å². The Morgan fingerprint density at radius 2 is 1.50 bits per heavy atom. The van der Waals surface area contributed by atoms with E-state index in [0.717, 1.165) is 42.7 Å². The molecule has 8 heteroatoms. The molecule has 1 aliphatic rings. The number of aromatic nitrogens is 1. The smallest absolute Gasteiger partial charge is 0.293 e. The second-order valence-electron chi connectivity index (χ2n) is 7.89. The van der Waals surface area contributed by atoms with Crippen molar-refractivity contribution in [3.8, 4) is 0 Å². The number of imide groups is 1. The Kier molecular flexibility index (Phi) is 6.46. The lowest BCUT2D eigenvalue weighted by Crippen LogP contribution is -2.27. The minimum absolute atomic E-state index is 0.110. The second kappa shape index (κ2) is 9.52. The average Bonchev–Trinajstić information content (AvgIpc) is 3.28. The Bertz CT molecular complexity index is 1450. The molecule has 2 amide bonds. The molecule has 2 heterocycles. The topological polar surface area (TPSA) is 42.3 Å². The summed E-state index contributed by atoms with van der Waals surface area (Å²) in [4.78, 5) is 27.2. The normalized spacial score (nSPS) is 15.1.